The van der Waals surface area contributed by atoms with Crippen molar-refractivity contribution in [2.24, 2.45) is 0 Å². The van der Waals surface area contributed by atoms with Gasteiger partial charge in [0.25, 0.3) is 0 Å². The van der Waals surface area contributed by atoms with Crippen molar-refractivity contribution in [2.45, 2.75) is 109 Å². The summed E-state index contributed by atoms with van der Waals surface area (Å²) >= 11 is 0. The summed E-state index contributed by atoms with van der Waals surface area (Å²) in [6.07, 6.45) is 18.5. The Morgan fingerprint density at radius 2 is 1.45 bits per heavy atom. The summed E-state index contributed by atoms with van der Waals surface area (Å²) in [7, 11) is 0. The molecule has 1 aliphatic rings. The first kappa shape index (κ1) is 18.0. The Morgan fingerprint density at radius 1 is 0.900 bits per heavy atom. The van der Waals surface area contributed by atoms with E-state index in [4.69, 9.17) is 0 Å². The normalized spacial score (nSPS) is 20.4. The molecule has 0 amide bonds. The van der Waals surface area contributed by atoms with Crippen LogP contribution < -0.4 is 5.32 Å². The topological polar surface area (TPSA) is 32.3 Å². The van der Waals surface area contributed by atoms with Crippen LogP contribution in [0, 0.1) is 0 Å². The molecular weight excluding hydrogens is 246 g/mol. The lowest BCUT2D eigenvalue weighted by Crippen LogP contribution is -2.34. The largest absolute Gasteiger partial charge is 0.392 e. The molecule has 1 saturated heterocycles. The van der Waals surface area contributed by atoms with Crippen LogP contribution in [0.4, 0.5) is 0 Å². The van der Waals surface area contributed by atoms with Crippen LogP contribution in [0.1, 0.15) is 96.8 Å². The van der Waals surface area contributed by atoms with Crippen molar-refractivity contribution in [3.8, 4) is 0 Å². The molecular formula is C18H37NO. The lowest BCUT2D eigenvalue weighted by atomic mass is 10.0. The molecule has 2 heteroatoms. The van der Waals surface area contributed by atoms with Crippen LogP contribution in [0.2, 0.25) is 0 Å². The quantitative estimate of drug-likeness (QED) is 0.476. The minimum Gasteiger partial charge on any atom is -0.392 e. The smallest absolute Gasteiger partial charge is 0.0693 e. The number of rotatable bonds is 13. The van der Waals surface area contributed by atoms with E-state index in [1.54, 1.807) is 0 Å². The Hall–Kier alpha value is -0.0800. The minimum absolute atomic E-state index is 0.101. The van der Waals surface area contributed by atoms with Crippen LogP contribution in [-0.2, 0) is 0 Å². The standard InChI is InChI=1S/C18H37NO/c1-2-3-4-5-6-7-8-9-10-11-12-15-18(20)17-14-13-16-19-17/h17-20H,2-16H2,1H3. The van der Waals surface area contributed by atoms with E-state index in [0.717, 1.165) is 13.0 Å². The SMILES string of the molecule is CCCCCCCCCCCCCC(O)C1CCCN1. The number of hydrogen-bond acceptors (Lipinski definition) is 2. The van der Waals surface area contributed by atoms with Crippen molar-refractivity contribution < 1.29 is 5.11 Å². The first-order chi connectivity index (χ1) is 9.84. The summed E-state index contributed by atoms with van der Waals surface area (Å²) in [5.74, 6) is 0. The molecule has 120 valence electrons. The average molecular weight is 283 g/mol. The first-order valence-corrected chi connectivity index (χ1v) is 9.26. The zero-order valence-electron chi connectivity index (χ0n) is 13.7. The van der Waals surface area contributed by atoms with Gasteiger partial charge in [-0.25, -0.2) is 0 Å². The van der Waals surface area contributed by atoms with Gasteiger partial charge in [0.2, 0.25) is 0 Å². The highest BCUT2D eigenvalue weighted by molar-refractivity contribution is 4.80. The Morgan fingerprint density at radius 3 is 1.95 bits per heavy atom. The molecule has 0 aliphatic carbocycles. The van der Waals surface area contributed by atoms with Gasteiger partial charge >= 0.3 is 0 Å². The Bertz CT molecular complexity index is 202. The Labute approximate surface area is 126 Å². The van der Waals surface area contributed by atoms with Crippen LogP contribution >= 0.6 is 0 Å². The van der Waals surface area contributed by atoms with Gasteiger partial charge in [-0.05, 0) is 25.8 Å². The van der Waals surface area contributed by atoms with Gasteiger partial charge in [-0.15, -0.1) is 0 Å². The molecule has 0 radical (unpaired) electrons. The second-order valence-electron chi connectivity index (χ2n) is 6.59. The predicted molar refractivity (Wildman–Crippen MR) is 88.1 cm³/mol. The molecule has 2 atom stereocenters. The molecule has 0 spiro atoms. The highest BCUT2D eigenvalue weighted by Gasteiger charge is 2.21. The van der Waals surface area contributed by atoms with Crippen molar-refractivity contribution in [1.82, 2.24) is 5.32 Å². The monoisotopic (exact) mass is 283 g/mol. The molecule has 2 unspecified atom stereocenters. The van der Waals surface area contributed by atoms with Crippen molar-refractivity contribution in [3.05, 3.63) is 0 Å². The summed E-state index contributed by atoms with van der Waals surface area (Å²) in [6.45, 7) is 3.37. The second kappa shape index (κ2) is 12.6. The fourth-order valence-electron chi connectivity index (χ4n) is 3.26. The maximum atomic E-state index is 10.0. The van der Waals surface area contributed by atoms with E-state index >= 15 is 0 Å². The van der Waals surface area contributed by atoms with Gasteiger partial charge in [0, 0.05) is 6.04 Å². The molecule has 1 aliphatic heterocycles. The third kappa shape index (κ3) is 8.97. The molecule has 1 heterocycles. The summed E-state index contributed by atoms with van der Waals surface area (Å²) < 4.78 is 0. The van der Waals surface area contributed by atoms with Crippen molar-refractivity contribution >= 4 is 0 Å². The van der Waals surface area contributed by atoms with E-state index in [9.17, 15) is 5.11 Å². The molecule has 0 bridgehead atoms. The van der Waals surface area contributed by atoms with E-state index in [1.807, 2.05) is 0 Å². The minimum atomic E-state index is -0.101. The number of aliphatic hydroxyl groups excluding tert-OH is 1. The molecule has 2 nitrogen and oxygen atoms in total. The molecule has 0 aromatic heterocycles. The van der Waals surface area contributed by atoms with Crippen LogP contribution in [0.3, 0.4) is 0 Å². The maximum Gasteiger partial charge on any atom is 0.0693 e. The second-order valence-corrected chi connectivity index (χ2v) is 6.59. The van der Waals surface area contributed by atoms with Crippen molar-refractivity contribution in [3.63, 3.8) is 0 Å². The van der Waals surface area contributed by atoms with Crippen LogP contribution in [-0.4, -0.2) is 23.8 Å². The van der Waals surface area contributed by atoms with Gasteiger partial charge in [-0.3, -0.25) is 0 Å². The van der Waals surface area contributed by atoms with E-state index in [2.05, 4.69) is 12.2 Å². The third-order valence-corrected chi connectivity index (χ3v) is 4.67. The van der Waals surface area contributed by atoms with E-state index in [-0.39, 0.29) is 6.10 Å². The number of hydrogen-bond donors (Lipinski definition) is 2. The van der Waals surface area contributed by atoms with E-state index in [0.29, 0.717) is 6.04 Å². The van der Waals surface area contributed by atoms with Crippen LogP contribution in [0.5, 0.6) is 0 Å². The average Bonchev–Trinajstić information content (AvgIpc) is 2.99. The number of aliphatic hydroxyl groups is 1. The van der Waals surface area contributed by atoms with E-state index in [1.165, 1.54) is 83.5 Å². The van der Waals surface area contributed by atoms with Crippen LogP contribution in [0.25, 0.3) is 0 Å². The summed E-state index contributed by atoms with van der Waals surface area (Å²) in [6, 6.07) is 0.387. The third-order valence-electron chi connectivity index (χ3n) is 4.67. The molecule has 1 rings (SSSR count). The molecule has 0 aromatic carbocycles. The predicted octanol–water partition coefficient (Wildman–Crippen LogP) is 4.80. The van der Waals surface area contributed by atoms with Gasteiger partial charge in [-0.1, -0.05) is 77.6 Å². The summed E-state index contributed by atoms with van der Waals surface area (Å²) in [5.41, 5.74) is 0. The van der Waals surface area contributed by atoms with Gasteiger partial charge in [0.1, 0.15) is 0 Å². The zero-order valence-corrected chi connectivity index (χ0v) is 13.7. The number of nitrogens with one attached hydrogen (secondary N) is 1. The van der Waals surface area contributed by atoms with Crippen molar-refractivity contribution in [1.29, 1.82) is 0 Å². The lowest BCUT2D eigenvalue weighted by Gasteiger charge is -2.17. The molecule has 0 aromatic rings. The summed E-state index contributed by atoms with van der Waals surface area (Å²) in [4.78, 5) is 0. The first-order valence-electron chi connectivity index (χ1n) is 9.26. The summed E-state index contributed by atoms with van der Waals surface area (Å²) in [5, 5.41) is 13.4. The molecule has 0 saturated carbocycles. The fraction of sp³-hybridized carbons (Fsp3) is 1.00. The Kier molecular flexibility index (Phi) is 11.4. The molecule has 2 N–H and O–H groups in total. The highest BCUT2D eigenvalue weighted by atomic mass is 16.3. The Balaban J connectivity index is 1.76. The van der Waals surface area contributed by atoms with Gasteiger partial charge in [0.15, 0.2) is 0 Å². The fourth-order valence-corrected chi connectivity index (χ4v) is 3.26. The highest BCUT2D eigenvalue weighted by Crippen LogP contribution is 2.16. The number of unbranched alkanes of at least 4 members (excludes halogenated alkanes) is 10. The lowest BCUT2D eigenvalue weighted by molar-refractivity contribution is 0.123. The molecule has 1 fully saturated rings. The zero-order chi connectivity index (χ0) is 14.5. The van der Waals surface area contributed by atoms with Crippen LogP contribution in [0.15, 0.2) is 0 Å². The molecule has 20 heavy (non-hydrogen) atoms. The van der Waals surface area contributed by atoms with Crippen molar-refractivity contribution in [2.75, 3.05) is 6.54 Å². The van der Waals surface area contributed by atoms with Gasteiger partial charge in [-0.2, -0.15) is 0 Å². The van der Waals surface area contributed by atoms with E-state index < -0.39 is 0 Å². The maximum absolute atomic E-state index is 10.0. The van der Waals surface area contributed by atoms with Gasteiger partial charge < -0.3 is 10.4 Å². The van der Waals surface area contributed by atoms with Gasteiger partial charge in [0.05, 0.1) is 6.10 Å².